The van der Waals surface area contributed by atoms with Crippen molar-refractivity contribution in [2.45, 2.75) is 63.5 Å². The summed E-state index contributed by atoms with van der Waals surface area (Å²) in [4.78, 5) is 4.30. The van der Waals surface area contributed by atoms with E-state index in [0.29, 0.717) is 5.54 Å². The van der Waals surface area contributed by atoms with Gasteiger partial charge in [-0.25, -0.2) is 0 Å². The zero-order valence-electron chi connectivity index (χ0n) is 12.6. The maximum absolute atomic E-state index is 3.76. The molecule has 2 fully saturated rings. The van der Waals surface area contributed by atoms with Crippen LogP contribution in [0.15, 0.2) is 17.5 Å². The second kappa shape index (κ2) is 7.06. The molecule has 0 aromatic carbocycles. The number of hydrogen-bond acceptors (Lipinski definition) is 3. The smallest absolute Gasteiger partial charge is 0.0334 e. The highest BCUT2D eigenvalue weighted by molar-refractivity contribution is 7.09. The molecule has 1 saturated carbocycles. The molecular formula is C17H28N2S. The molecule has 0 amide bonds. The number of hydrogen-bond donors (Lipinski definition) is 1. The molecule has 1 N–H and O–H groups in total. The third-order valence-electron chi connectivity index (χ3n) is 5.14. The minimum Gasteiger partial charge on any atom is -0.310 e. The number of nitrogens with one attached hydrogen (secondary N) is 1. The lowest BCUT2D eigenvalue weighted by Crippen LogP contribution is -2.57. The first kappa shape index (κ1) is 14.6. The van der Waals surface area contributed by atoms with Gasteiger partial charge in [0.1, 0.15) is 0 Å². The molecule has 20 heavy (non-hydrogen) atoms. The van der Waals surface area contributed by atoms with Gasteiger partial charge < -0.3 is 5.32 Å². The second-order valence-electron chi connectivity index (χ2n) is 6.52. The maximum atomic E-state index is 3.76. The Kier molecular flexibility index (Phi) is 5.14. The molecule has 1 aromatic heterocycles. The van der Waals surface area contributed by atoms with Crippen molar-refractivity contribution in [3.63, 3.8) is 0 Å². The molecule has 0 bridgehead atoms. The van der Waals surface area contributed by atoms with Gasteiger partial charge in [-0.05, 0) is 50.2 Å². The standard InChI is InChI=1S/C17H28N2S/c1-3-9-17(10-4-1,19-11-5-2-6-12-19)15-18-14-16-8-7-13-20-16/h7-8,13,18H,1-6,9-12,14-15H2. The van der Waals surface area contributed by atoms with E-state index in [1.165, 1.54) is 75.9 Å². The van der Waals surface area contributed by atoms with Crippen molar-refractivity contribution in [1.29, 1.82) is 0 Å². The van der Waals surface area contributed by atoms with Gasteiger partial charge in [0.25, 0.3) is 0 Å². The van der Waals surface area contributed by atoms with Crippen LogP contribution >= 0.6 is 11.3 Å². The van der Waals surface area contributed by atoms with Crippen LogP contribution in [0.4, 0.5) is 0 Å². The average Bonchev–Trinajstić information content (AvgIpc) is 3.02. The summed E-state index contributed by atoms with van der Waals surface area (Å²) in [6, 6.07) is 4.40. The van der Waals surface area contributed by atoms with Crippen molar-refractivity contribution in [1.82, 2.24) is 10.2 Å². The lowest BCUT2D eigenvalue weighted by atomic mass is 9.79. The first-order valence-electron chi connectivity index (χ1n) is 8.37. The third-order valence-corrected chi connectivity index (χ3v) is 6.02. The summed E-state index contributed by atoms with van der Waals surface area (Å²) in [5, 5.41) is 5.94. The fraction of sp³-hybridized carbons (Fsp3) is 0.765. The Labute approximate surface area is 127 Å². The van der Waals surface area contributed by atoms with Crippen LogP contribution in [0.25, 0.3) is 0 Å². The SMILES string of the molecule is c1csc(CNCC2(N3CCCCC3)CCCCC2)c1. The molecule has 2 nitrogen and oxygen atoms in total. The predicted molar refractivity (Wildman–Crippen MR) is 87.3 cm³/mol. The second-order valence-corrected chi connectivity index (χ2v) is 7.55. The van der Waals surface area contributed by atoms with Gasteiger partial charge in [0.2, 0.25) is 0 Å². The maximum Gasteiger partial charge on any atom is 0.0334 e. The van der Waals surface area contributed by atoms with Crippen LogP contribution in [0.5, 0.6) is 0 Å². The van der Waals surface area contributed by atoms with Crippen molar-refractivity contribution in [3.8, 4) is 0 Å². The van der Waals surface area contributed by atoms with E-state index in [-0.39, 0.29) is 0 Å². The van der Waals surface area contributed by atoms with E-state index in [1.54, 1.807) is 0 Å². The summed E-state index contributed by atoms with van der Waals surface area (Å²) in [6.45, 7) is 4.90. The van der Waals surface area contributed by atoms with Crippen LogP contribution in [0.3, 0.4) is 0 Å². The van der Waals surface area contributed by atoms with E-state index >= 15 is 0 Å². The Morgan fingerprint density at radius 1 is 1.05 bits per heavy atom. The van der Waals surface area contributed by atoms with E-state index in [1.807, 2.05) is 11.3 Å². The molecule has 2 aliphatic rings. The molecule has 0 spiro atoms. The number of rotatable bonds is 5. The molecule has 0 unspecified atom stereocenters. The summed E-state index contributed by atoms with van der Waals surface area (Å²) in [5.41, 5.74) is 0.468. The average molecular weight is 292 g/mol. The number of likely N-dealkylation sites (tertiary alicyclic amines) is 1. The minimum atomic E-state index is 0.468. The fourth-order valence-corrected chi connectivity index (χ4v) is 4.69. The molecule has 0 radical (unpaired) electrons. The molecule has 112 valence electrons. The number of thiophene rings is 1. The molecule has 1 aliphatic carbocycles. The predicted octanol–water partition coefficient (Wildman–Crippen LogP) is 4.03. The van der Waals surface area contributed by atoms with Crippen molar-refractivity contribution in [2.24, 2.45) is 0 Å². The van der Waals surface area contributed by atoms with Gasteiger partial charge in [0.05, 0.1) is 0 Å². The van der Waals surface area contributed by atoms with Crippen molar-refractivity contribution in [2.75, 3.05) is 19.6 Å². The van der Waals surface area contributed by atoms with Gasteiger partial charge in [-0.1, -0.05) is 31.7 Å². The monoisotopic (exact) mass is 292 g/mol. The Morgan fingerprint density at radius 2 is 1.80 bits per heavy atom. The van der Waals surface area contributed by atoms with Crippen LogP contribution in [0.2, 0.25) is 0 Å². The summed E-state index contributed by atoms with van der Waals surface area (Å²) in [7, 11) is 0. The molecule has 3 rings (SSSR count). The number of nitrogens with zero attached hydrogens (tertiary/aromatic N) is 1. The van der Waals surface area contributed by atoms with Gasteiger partial charge in [-0.3, -0.25) is 4.90 Å². The third kappa shape index (κ3) is 3.44. The lowest BCUT2D eigenvalue weighted by molar-refractivity contribution is 0.0333. The van der Waals surface area contributed by atoms with Gasteiger partial charge in [-0.15, -0.1) is 11.3 Å². The molecule has 1 aromatic rings. The van der Waals surface area contributed by atoms with Crippen molar-refractivity contribution < 1.29 is 0 Å². The Hall–Kier alpha value is -0.380. The first-order valence-corrected chi connectivity index (χ1v) is 9.25. The van der Waals surface area contributed by atoms with Crippen LogP contribution in [0.1, 0.15) is 56.2 Å². The highest BCUT2D eigenvalue weighted by Gasteiger charge is 2.37. The van der Waals surface area contributed by atoms with E-state index < -0.39 is 0 Å². The minimum absolute atomic E-state index is 0.468. The van der Waals surface area contributed by atoms with Crippen molar-refractivity contribution >= 4 is 11.3 Å². The van der Waals surface area contributed by atoms with Gasteiger partial charge in [-0.2, -0.15) is 0 Å². The Morgan fingerprint density at radius 3 is 2.50 bits per heavy atom. The van der Waals surface area contributed by atoms with Crippen LogP contribution in [0, 0.1) is 0 Å². The topological polar surface area (TPSA) is 15.3 Å². The largest absolute Gasteiger partial charge is 0.310 e. The summed E-state index contributed by atoms with van der Waals surface area (Å²) in [5.74, 6) is 0. The molecule has 0 atom stereocenters. The van der Waals surface area contributed by atoms with Gasteiger partial charge in [0, 0.05) is 23.5 Å². The lowest BCUT2D eigenvalue weighted by Gasteiger charge is -2.48. The van der Waals surface area contributed by atoms with Gasteiger partial charge in [0.15, 0.2) is 0 Å². The Bertz CT molecular complexity index is 376. The first-order chi connectivity index (χ1) is 9.89. The van der Waals surface area contributed by atoms with Crippen LogP contribution < -0.4 is 5.32 Å². The van der Waals surface area contributed by atoms with Crippen molar-refractivity contribution in [3.05, 3.63) is 22.4 Å². The number of piperidine rings is 1. The molecule has 2 heterocycles. The van der Waals surface area contributed by atoms with Gasteiger partial charge >= 0.3 is 0 Å². The fourth-order valence-electron chi connectivity index (χ4n) is 4.01. The normalized spacial score (nSPS) is 23.8. The molecular weight excluding hydrogens is 264 g/mol. The highest BCUT2D eigenvalue weighted by atomic mass is 32.1. The molecule has 3 heteroatoms. The zero-order chi connectivity index (χ0) is 13.7. The van der Waals surface area contributed by atoms with E-state index in [2.05, 4.69) is 27.7 Å². The van der Waals surface area contributed by atoms with E-state index in [4.69, 9.17) is 0 Å². The Balaban J connectivity index is 1.59. The zero-order valence-corrected chi connectivity index (χ0v) is 13.4. The summed E-state index contributed by atoms with van der Waals surface area (Å²) < 4.78 is 0. The highest BCUT2D eigenvalue weighted by Crippen LogP contribution is 2.35. The molecule has 1 aliphatic heterocycles. The van der Waals surface area contributed by atoms with Crippen LogP contribution in [-0.4, -0.2) is 30.1 Å². The quantitative estimate of drug-likeness (QED) is 0.881. The summed E-state index contributed by atoms with van der Waals surface area (Å²) >= 11 is 1.87. The van der Waals surface area contributed by atoms with E-state index in [9.17, 15) is 0 Å². The van der Waals surface area contributed by atoms with E-state index in [0.717, 1.165) is 6.54 Å². The van der Waals surface area contributed by atoms with Crippen LogP contribution in [-0.2, 0) is 6.54 Å². The molecule has 1 saturated heterocycles. The summed E-state index contributed by atoms with van der Waals surface area (Å²) in [6.07, 6.45) is 11.4.